The third kappa shape index (κ3) is 2.80. The molecule has 116 valence electrons. The molecule has 0 radical (unpaired) electrons. The fourth-order valence-electron chi connectivity index (χ4n) is 3.01. The lowest BCUT2D eigenvalue weighted by Crippen LogP contribution is -2.48. The van der Waals surface area contributed by atoms with Crippen LogP contribution in [0.2, 0.25) is 0 Å². The van der Waals surface area contributed by atoms with Crippen LogP contribution in [0.3, 0.4) is 0 Å². The summed E-state index contributed by atoms with van der Waals surface area (Å²) in [5.74, 6) is -1.14. The highest BCUT2D eigenvalue weighted by Crippen LogP contribution is 2.39. The van der Waals surface area contributed by atoms with E-state index in [9.17, 15) is 14.7 Å². The number of hydrogen-bond donors (Lipinski definition) is 2. The lowest BCUT2D eigenvalue weighted by atomic mass is 9.73. The number of anilines is 1. The third-order valence-electron chi connectivity index (χ3n) is 4.32. The van der Waals surface area contributed by atoms with Crippen LogP contribution in [0.4, 0.5) is 5.00 Å². The monoisotopic (exact) mass is 311 g/mol. The Morgan fingerprint density at radius 2 is 2.00 bits per heavy atom. The molecule has 1 aromatic heterocycles. The van der Waals surface area contributed by atoms with Gasteiger partial charge in [0.1, 0.15) is 10.6 Å². The third-order valence-corrected chi connectivity index (χ3v) is 5.34. The van der Waals surface area contributed by atoms with Crippen molar-refractivity contribution in [1.82, 2.24) is 4.37 Å². The van der Waals surface area contributed by atoms with Crippen molar-refractivity contribution in [3.05, 3.63) is 11.3 Å². The topological polar surface area (TPSA) is 96.5 Å². The summed E-state index contributed by atoms with van der Waals surface area (Å²) in [4.78, 5) is 25.7. The molecule has 6 nitrogen and oxygen atoms in total. The van der Waals surface area contributed by atoms with Gasteiger partial charge in [-0.15, -0.1) is 0 Å². The van der Waals surface area contributed by atoms with Crippen molar-refractivity contribution in [1.29, 1.82) is 0 Å². The minimum atomic E-state index is -1.05. The average molecular weight is 311 g/mol. The van der Waals surface area contributed by atoms with Gasteiger partial charge in [0.2, 0.25) is 5.91 Å². The molecule has 21 heavy (non-hydrogen) atoms. The summed E-state index contributed by atoms with van der Waals surface area (Å²) in [6.07, 6.45) is 4.65. The van der Waals surface area contributed by atoms with Crippen molar-refractivity contribution in [2.24, 2.45) is 11.1 Å². The van der Waals surface area contributed by atoms with Gasteiger partial charge in [-0.1, -0.05) is 19.3 Å². The Morgan fingerprint density at radius 1 is 1.38 bits per heavy atom. The van der Waals surface area contributed by atoms with Crippen molar-refractivity contribution in [2.45, 2.75) is 39.0 Å². The van der Waals surface area contributed by atoms with Gasteiger partial charge < -0.3 is 15.7 Å². The van der Waals surface area contributed by atoms with E-state index in [1.165, 1.54) is 4.90 Å². The van der Waals surface area contributed by atoms with E-state index >= 15 is 0 Å². The molecule has 0 unspecified atom stereocenters. The SMILES string of the molecule is Cc1nsc(N(C)C(=O)C2(CN)CCCCC2)c1C(=O)O. The second-order valence-corrected chi connectivity index (χ2v) is 6.41. The lowest BCUT2D eigenvalue weighted by Gasteiger charge is -2.37. The maximum absolute atomic E-state index is 12.9. The van der Waals surface area contributed by atoms with E-state index in [2.05, 4.69) is 4.37 Å². The van der Waals surface area contributed by atoms with Gasteiger partial charge in [0.05, 0.1) is 11.1 Å². The van der Waals surface area contributed by atoms with E-state index in [-0.39, 0.29) is 11.5 Å². The number of nitrogens with zero attached hydrogens (tertiary/aromatic N) is 2. The molecule has 1 amide bonds. The molecule has 1 heterocycles. The summed E-state index contributed by atoms with van der Waals surface area (Å²) in [5.41, 5.74) is 5.87. The Kier molecular flexibility index (Phi) is 4.63. The number of carboxylic acids is 1. The Balaban J connectivity index is 2.33. The van der Waals surface area contributed by atoms with Crippen molar-refractivity contribution in [3.63, 3.8) is 0 Å². The smallest absolute Gasteiger partial charge is 0.340 e. The molecule has 0 atom stereocenters. The van der Waals surface area contributed by atoms with Gasteiger partial charge in [0.25, 0.3) is 0 Å². The minimum Gasteiger partial charge on any atom is -0.478 e. The molecule has 1 saturated carbocycles. The first-order valence-corrected chi connectivity index (χ1v) is 7.88. The van der Waals surface area contributed by atoms with Crippen LogP contribution in [0.1, 0.15) is 48.2 Å². The van der Waals surface area contributed by atoms with Crippen LogP contribution in [-0.2, 0) is 4.79 Å². The van der Waals surface area contributed by atoms with Crippen LogP contribution in [-0.4, -0.2) is 34.9 Å². The normalized spacial score (nSPS) is 17.5. The zero-order valence-electron chi connectivity index (χ0n) is 12.4. The van der Waals surface area contributed by atoms with Crippen LogP contribution in [0, 0.1) is 12.3 Å². The van der Waals surface area contributed by atoms with E-state index < -0.39 is 11.4 Å². The van der Waals surface area contributed by atoms with Crippen LogP contribution in [0.15, 0.2) is 0 Å². The van der Waals surface area contributed by atoms with Crippen LogP contribution >= 0.6 is 11.5 Å². The Morgan fingerprint density at radius 3 is 2.52 bits per heavy atom. The Bertz CT molecular complexity index is 550. The number of amides is 1. The second-order valence-electron chi connectivity index (χ2n) is 5.66. The first-order valence-electron chi connectivity index (χ1n) is 7.11. The minimum absolute atomic E-state index is 0.0872. The maximum atomic E-state index is 12.9. The van der Waals surface area contributed by atoms with Gasteiger partial charge in [-0.05, 0) is 31.3 Å². The quantitative estimate of drug-likeness (QED) is 0.886. The standard InChI is InChI=1S/C14H21N3O3S/c1-9-10(12(18)19)11(21-16-9)17(2)13(20)14(8-15)6-4-3-5-7-14/h3-8,15H2,1-2H3,(H,18,19). The molecule has 0 saturated heterocycles. The summed E-state index contributed by atoms with van der Waals surface area (Å²) in [7, 11) is 1.62. The molecule has 1 aromatic rings. The molecular weight excluding hydrogens is 290 g/mol. The number of carbonyl (C=O) groups excluding carboxylic acids is 1. The highest BCUT2D eigenvalue weighted by molar-refractivity contribution is 7.11. The number of aromatic carboxylic acids is 1. The van der Waals surface area contributed by atoms with Crippen molar-refractivity contribution >= 4 is 28.4 Å². The van der Waals surface area contributed by atoms with E-state index in [1.54, 1.807) is 14.0 Å². The van der Waals surface area contributed by atoms with Crippen LogP contribution in [0.5, 0.6) is 0 Å². The molecule has 7 heteroatoms. The van der Waals surface area contributed by atoms with Gasteiger partial charge in [0, 0.05) is 13.6 Å². The molecule has 3 N–H and O–H groups in total. The molecular formula is C14H21N3O3S. The van der Waals surface area contributed by atoms with Crippen LogP contribution in [0.25, 0.3) is 0 Å². The summed E-state index contributed by atoms with van der Waals surface area (Å²) in [6, 6.07) is 0. The van der Waals surface area contributed by atoms with Crippen LogP contribution < -0.4 is 10.6 Å². The van der Waals surface area contributed by atoms with Gasteiger partial charge in [-0.3, -0.25) is 4.79 Å². The molecule has 0 aliphatic heterocycles. The van der Waals surface area contributed by atoms with Crippen molar-refractivity contribution in [2.75, 3.05) is 18.5 Å². The lowest BCUT2D eigenvalue weighted by molar-refractivity contribution is -0.129. The predicted octanol–water partition coefficient (Wildman–Crippen LogP) is 2.02. The number of aryl methyl sites for hydroxylation is 1. The molecule has 0 bridgehead atoms. The highest BCUT2D eigenvalue weighted by atomic mass is 32.1. The van der Waals surface area contributed by atoms with Gasteiger partial charge in [-0.25, -0.2) is 4.79 Å². The Hall–Kier alpha value is -1.47. The summed E-state index contributed by atoms with van der Waals surface area (Å²) in [5, 5.41) is 9.69. The first kappa shape index (κ1) is 15.9. The number of aromatic nitrogens is 1. The van der Waals surface area contributed by atoms with Crippen molar-refractivity contribution < 1.29 is 14.7 Å². The number of nitrogens with two attached hydrogens (primary N) is 1. The fraction of sp³-hybridized carbons (Fsp3) is 0.643. The Labute approximate surface area is 128 Å². The van der Waals surface area contributed by atoms with E-state index in [1.807, 2.05) is 0 Å². The van der Waals surface area contributed by atoms with Gasteiger partial charge in [-0.2, -0.15) is 4.37 Å². The van der Waals surface area contributed by atoms with E-state index in [0.717, 1.165) is 43.6 Å². The molecule has 0 spiro atoms. The highest BCUT2D eigenvalue weighted by Gasteiger charge is 2.41. The zero-order chi connectivity index (χ0) is 15.6. The first-order chi connectivity index (χ1) is 9.93. The molecule has 2 rings (SSSR count). The van der Waals surface area contributed by atoms with Crippen molar-refractivity contribution in [3.8, 4) is 0 Å². The summed E-state index contributed by atoms with van der Waals surface area (Å²) in [6.45, 7) is 1.94. The second kappa shape index (κ2) is 6.11. The fourth-order valence-corrected chi connectivity index (χ4v) is 3.86. The molecule has 1 fully saturated rings. The number of rotatable bonds is 4. The molecule has 1 aliphatic carbocycles. The predicted molar refractivity (Wildman–Crippen MR) is 81.8 cm³/mol. The maximum Gasteiger partial charge on any atom is 0.340 e. The van der Waals surface area contributed by atoms with E-state index in [4.69, 9.17) is 5.73 Å². The van der Waals surface area contributed by atoms with E-state index in [0.29, 0.717) is 17.2 Å². The summed E-state index contributed by atoms with van der Waals surface area (Å²) >= 11 is 1.05. The zero-order valence-corrected chi connectivity index (χ0v) is 13.2. The number of carboxylic acid groups (broad SMARTS) is 1. The average Bonchev–Trinajstić information content (AvgIpc) is 2.88. The van der Waals surface area contributed by atoms with Gasteiger partial charge >= 0.3 is 5.97 Å². The summed E-state index contributed by atoms with van der Waals surface area (Å²) < 4.78 is 4.07. The molecule has 0 aromatic carbocycles. The molecule has 1 aliphatic rings. The van der Waals surface area contributed by atoms with Gasteiger partial charge in [0.15, 0.2) is 0 Å². The number of carbonyl (C=O) groups is 2. The largest absolute Gasteiger partial charge is 0.478 e. The number of hydrogen-bond acceptors (Lipinski definition) is 5.